The minimum Gasteiger partial charge on any atom is -0.496 e. The first kappa shape index (κ1) is 16.3. The lowest BCUT2D eigenvalue weighted by Crippen LogP contribution is -2.17. The summed E-state index contributed by atoms with van der Waals surface area (Å²) in [5, 5.41) is 0. The van der Waals surface area contributed by atoms with Crippen LogP contribution in [0, 0.1) is 27.7 Å². The number of hydrogen-bond donors (Lipinski definition) is 1. The molecule has 0 aliphatic carbocycles. The van der Waals surface area contributed by atoms with E-state index in [4.69, 9.17) is 4.74 Å². The van der Waals surface area contributed by atoms with Crippen molar-refractivity contribution in [2.75, 3.05) is 11.8 Å². The molecule has 0 unspecified atom stereocenters. The van der Waals surface area contributed by atoms with Gasteiger partial charge in [-0.05, 0) is 62.6 Å². The molecule has 0 saturated heterocycles. The molecular weight excluding hydrogens is 300 g/mol. The molecule has 1 aromatic heterocycles. The van der Waals surface area contributed by atoms with Gasteiger partial charge in [0.15, 0.2) is 0 Å². The number of sulfonamides is 1. The lowest BCUT2D eigenvalue weighted by Gasteiger charge is -2.17. The zero-order valence-corrected chi connectivity index (χ0v) is 14.2. The SMILES string of the molecule is COc1cc(C)c(S(=O)(=O)Nc2cccnc2C)c(C)c1C. The van der Waals surface area contributed by atoms with E-state index in [0.717, 1.165) is 5.56 Å². The van der Waals surface area contributed by atoms with E-state index in [1.807, 2.05) is 6.92 Å². The third-order valence-electron chi connectivity index (χ3n) is 3.72. The zero-order chi connectivity index (χ0) is 16.5. The fourth-order valence-corrected chi connectivity index (χ4v) is 4.08. The van der Waals surface area contributed by atoms with E-state index in [2.05, 4.69) is 9.71 Å². The van der Waals surface area contributed by atoms with Gasteiger partial charge < -0.3 is 4.74 Å². The summed E-state index contributed by atoms with van der Waals surface area (Å²) < 4.78 is 33.4. The molecule has 0 bridgehead atoms. The Labute approximate surface area is 131 Å². The number of ether oxygens (including phenoxy) is 1. The summed E-state index contributed by atoms with van der Waals surface area (Å²) in [6.07, 6.45) is 1.63. The predicted molar refractivity (Wildman–Crippen MR) is 87.0 cm³/mol. The molecule has 0 saturated carbocycles. The lowest BCUT2D eigenvalue weighted by atomic mass is 10.1. The Kier molecular flexibility index (Phi) is 4.42. The standard InChI is InChI=1S/C16H20N2O3S/c1-10-9-15(21-5)11(2)12(3)16(10)22(19,20)18-14-7-6-8-17-13(14)4/h6-9,18H,1-5H3. The first-order chi connectivity index (χ1) is 10.3. The third kappa shape index (κ3) is 2.92. The maximum Gasteiger partial charge on any atom is 0.262 e. The first-order valence-corrected chi connectivity index (χ1v) is 8.35. The fourth-order valence-electron chi connectivity index (χ4n) is 2.43. The summed E-state index contributed by atoms with van der Waals surface area (Å²) in [5.74, 6) is 0.687. The number of hydrogen-bond acceptors (Lipinski definition) is 4. The number of aryl methyl sites for hydroxylation is 2. The lowest BCUT2D eigenvalue weighted by molar-refractivity contribution is 0.410. The van der Waals surface area contributed by atoms with Gasteiger partial charge in [-0.3, -0.25) is 9.71 Å². The van der Waals surface area contributed by atoms with Crippen LogP contribution in [0.25, 0.3) is 0 Å². The van der Waals surface area contributed by atoms with Crippen LogP contribution in [-0.2, 0) is 10.0 Å². The van der Waals surface area contributed by atoms with Gasteiger partial charge in [-0.15, -0.1) is 0 Å². The molecule has 0 fully saturated rings. The topological polar surface area (TPSA) is 68.3 Å². The Morgan fingerprint density at radius 1 is 1.14 bits per heavy atom. The van der Waals surface area contributed by atoms with Crippen LogP contribution in [0.1, 0.15) is 22.4 Å². The van der Waals surface area contributed by atoms with Crippen LogP contribution in [0.4, 0.5) is 5.69 Å². The minimum absolute atomic E-state index is 0.286. The van der Waals surface area contributed by atoms with Gasteiger partial charge in [-0.2, -0.15) is 0 Å². The van der Waals surface area contributed by atoms with E-state index in [-0.39, 0.29) is 4.90 Å². The van der Waals surface area contributed by atoms with Crippen molar-refractivity contribution in [2.24, 2.45) is 0 Å². The molecule has 0 aliphatic rings. The fraction of sp³-hybridized carbons (Fsp3) is 0.312. The van der Waals surface area contributed by atoms with Crippen LogP contribution >= 0.6 is 0 Å². The average molecular weight is 320 g/mol. The van der Waals surface area contributed by atoms with E-state index in [1.165, 1.54) is 0 Å². The van der Waals surface area contributed by atoms with Gasteiger partial charge in [-0.25, -0.2) is 8.42 Å². The monoisotopic (exact) mass is 320 g/mol. The van der Waals surface area contributed by atoms with E-state index in [9.17, 15) is 8.42 Å². The predicted octanol–water partition coefficient (Wildman–Crippen LogP) is 3.12. The Morgan fingerprint density at radius 3 is 2.41 bits per heavy atom. The molecule has 1 heterocycles. The minimum atomic E-state index is -3.69. The summed E-state index contributed by atoms with van der Waals surface area (Å²) in [5.41, 5.74) is 3.26. The number of rotatable bonds is 4. The second-order valence-corrected chi connectivity index (χ2v) is 6.84. The number of aromatic nitrogens is 1. The van der Waals surface area contributed by atoms with Gasteiger partial charge in [0.1, 0.15) is 5.75 Å². The molecule has 6 heteroatoms. The molecule has 1 N–H and O–H groups in total. The third-order valence-corrected chi connectivity index (χ3v) is 5.37. The Morgan fingerprint density at radius 2 is 1.82 bits per heavy atom. The van der Waals surface area contributed by atoms with Crippen molar-refractivity contribution in [1.82, 2.24) is 4.98 Å². The molecule has 1 aromatic carbocycles. The molecule has 118 valence electrons. The normalized spacial score (nSPS) is 11.3. The van der Waals surface area contributed by atoms with Gasteiger partial charge in [0.05, 0.1) is 23.4 Å². The number of nitrogens with one attached hydrogen (secondary N) is 1. The second-order valence-electron chi connectivity index (χ2n) is 5.22. The molecular formula is C16H20N2O3S. The zero-order valence-electron chi connectivity index (χ0n) is 13.4. The summed E-state index contributed by atoms with van der Waals surface area (Å²) in [7, 11) is -2.11. The molecule has 0 aliphatic heterocycles. The van der Waals surface area contributed by atoms with E-state index in [1.54, 1.807) is 52.3 Å². The summed E-state index contributed by atoms with van der Waals surface area (Å²) >= 11 is 0. The number of nitrogens with zero attached hydrogens (tertiary/aromatic N) is 1. The molecule has 2 rings (SSSR count). The van der Waals surface area contributed by atoms with Crippen molar-refractivity contribution in [3.05, 3.63) is 46.8 Å². The van der Waals surface area contributed by atoms with E-state index < -0.39 is 10.0 Å². The average Bonchev–Trinajstić information content (AvgIpc) is 2.45. The van der Waals surface area contributed by atoms with Crippen molar-refractivity contribution in [3.8, 4) is 5.75 Å². The van der Waals surface area contributed by atoms with Crippen LogP contribution in [0.3, 0.4) is 0 Å². The molecule has 5 nitrogen and oxygen atoms in total. The maximum atomic E-state index is 12.8. The van der Waals surface area contributed by atoms with Gasteiger partial charge in [0.25, 0.3) is 10.0 Å². The summed E-state index contributed by atoms with van der Waals surface area (Å²) in [4.78, 5) is 4.39. The van der Waals surface area contributed by atoms with Crippen molar-refractivity contribution < 1.29 is 13.2 Å². The summed E-state index contributed by atoms with van der Waals surface area (Å²) in [6, 6.07) is 5.14. The highest BCUT2D eigenvalue weighted by Crippen LogP contribution is 2.31. The van der Waals surface area contributed by atoms with Crippen molar-refractivity contribution in [1.29, 1.82) is 0 Å². The molecule has 0 spiro atoms. The molecule has 0 radical (unpaired) electrons. The number of methoxy groups -OCH3 is 1. The van der Waals surface area contributed by atoms with Gasteiger partial charge in [0.2, 0.25) is 0 Å². The Bertz CT molecular complexity index is 814. The quantitative estimate of drug-likeness (QED) is 0.940. The smallest absolute Gasteiger partial charge is 0.262 e. The van der Waals surface area contributed by atoms with Gasteiger partial charge in [0, 0.05) is 6.20 Å². The highest BCUT2D eigenvalue weighted by molar-refractivity contribution is 7.92. The Hall–Kier alpha value is -2.08. The molecule has 0 amide bonds. The van der Waals surface area contributed by atoms with Gasteiger partial charge >= 0.3 is 0 Å². The highest BCUT2D eigenvalue weighted by Gasteiger charge is 2.23. The number of benzene rings is 1. The maximum absolute atomic E-state index is 12.8. The van der Waals surface area contributed by atoms with Crippen LogP contribution < -0.4 is 9.46 Å². The first-order valence-electron chi connectivity index (χ1n) is 6.87. The molecule has 0 atom stereocenters. The van der Waals surface area contributed by atoms with Crippen molar-refractivity contribution in [3.63, 3.8) is 0 Å². The van der Waals surface area contributed by atoms with Crippen LogP contribution in [0.5, 0.6) is 5.75 Å². The van der Waals surface area contributed by atoms with Crippen LogP contribution in [0.15, 0.2) is 29.3 Å². The van der Waals surface area contributed by atoms with E-state index in [0.29, 0.717) is 28.3 Å². The molecule has 22 heavy (non-hydrogen) atoms. The number of pyridine rings is 1. The van der Waals surface area contributed by atoms with Gasteiger partial charge in [-0.1, -0.05) is 0 Å². The molecule has 2 aromatic rings. The summed E-state index contributed by atoms with van der Waals surface area (Å²) in [6.45, 7) is 7.16. The van der Waals surface area contributed by atoms with Crippen molar-refractivity contribution in [2.45, 2.75) is 32.6 Å². The number of anilines is 1. The van der Waals surface area contributed by atoms with Crippen LogP contribution in [-0.4, -0.2) is 20.5 Å². The Balaban J connectivity index is 2.56. The largest absolute Gasteiger partial charge is 0.496 e. The second kappa shape index (κ2) is 5.96. The highest BCUT2D eigenvalue weighted by atomic mass is 32.2. The van der Waals surface area contributed by atoms with Crippen molar-refractivity contribution >= 4 is 15.7 Å². The van der Waals surface area contributed by atoms with Crippen LogP contribution in [0.2, 0.25) is 0 Å². The van der Waals surface area contributed by atoms with E-state index >= 15 is 0 Å².